The summed E-state index contributed by atoms with van der Waals surface area (Å²) < 4.78 is 19.8. The lowest BCUT2D eigenvalue weighted by Crippen LogP contribution is -2.56. The van der Waals surface area contributed by atoms with E-state index in [0.29, 0.717) is 13.2 Å². The van der Waals surface area contributed by atoms with Crippen LogP contribution in [0.5, 0.6) is 0 Å². The predicted octanol–water partition coefficient (Wildman–Crippen LogP) is 4.52. The van der Waals surface area contributed by atoms with Crippen molar-refractivity contribution in [3.8, 4) is 0 Å². The molecule has 0 amide bonds. The van der Waals surface area contributed by atoms with Crippen LogP contribution in [-0.4, -0.2) is 35.1 Å². The fourth-order valence-electron chi connectivity index (χ4n) is 5.96. The largest absolute Gasteiger partial charge is 0.390 e. The van der Waals surface area contributed by atoms with Gasteiger partial charge in [0.05, 0.1) is 37.6 Å². The van der Waals surface area contributed by atoms with E-state index in [1.807, 2.05) is 43.3 Å². The Hall–Kier alpha value is -1.98. The first-order valence-electron chi connectivity index (χ1n) is 11.4. The monoisotopic (exact) mass is 420 g/mol. The molecule has 1 saturated heterocycles. The number of aliphatic hydroxyl groups is 1. The number of benzene rings is 2. The predicted molar refractivity (Wildman–Crippen MR) is 119 cm³/mol. The summed E-state index contributed by atoms with van der Waals surface area (Å²) in [6.07, 6.45) is 4.42. The molecule has 1 aliphatic heterocycles. The topological polar surface area (TPSA) is 47.9 Å². The van der Waals surface area contributed by atoms with Crippen molar-refractivity contribution < 1.29 is 19.3 Å². The standard InChI is InChI=1S/C27H32O4/c1-18-24(29-16-20-10-5-3-6-11-20)23-22-14-9-15-27(23,19(2)28)31-26(22)25(18)30-17-21-12-7-4-8-13-21/h3-13,15,18-19,22-26,28H,14,16-17H2,1-2H3/t18-,19+,22-,23+,24-,25-,26+,27-/m1/s1. The molecule has 0 radical (unpaired) electrons. The van der Waals surface area contributed by atoms with E-state index in [2.05, 4.69) is 43.3 Å². The van der Waals surface area contributed by atoms with Gasteiger partial charge in [-0.25, -0.2) is 0 Å². The molecule has 5 rings (SSSR count). The normalized spacial score (nSPS) is 37.0. The molecule has 1 saturated carbocycles. The minimum Gasteiger partial charge on any atom is -0.390 e. The van der Waals surface area contributed by atoms with Gasteiger partial charge in [0.1, 0.15) is 5.60 Å². The lowest BCUT2D eigenvalue weighted by molar-refractivity contribution is -0.150. The maximum atomic E-state index is 10.8. The molecule has 2 aromatic carbocycles. The molecule has 2 fully saturated rings. The summed E-state index contributed by atoms with van der Waals surface area (Å²) in [4.78, 5) is 0. The molecule has 1 heterocycles. The molecule has 0 unspecified atom stereocenters. The number of hydrogen-bond acceptors (Lipinski definition) is 4. The zero-order valence-electron chi connectivity index (χ0n) is 18.3. The van der Waals surface area contributed by atoms with Crippen LogP contribution in [-0.2, 0) is 27.4 Å². The molecule has 4 heteroatoms. The highest BCUT2D eigenvalue weighted by molar-refractivity contribution is 5.25. The van der Waals surface area contributed by atoms with Crippen molar-refractivity contribution in [1.29, 1.82) is 0 Å². The van der Waals surface area contributed by atoms with Gasteiger partial charge in [-0.05, 0) is 30.4 Å². The number of aliphatic hydroxyl groups excluding tert-OH is 1. The molecule has 0 spiro atoms. The van der Waals surface area contributed by atoms with Gasteiger partial charge in [0, 0.05) is 11.8 Å². The fourth-order valence-corrected chi connectivity index (χ4v) is 5.96. The van der Waals surface area contributed by atoms with E-state index >= 15 is 0 Å². The Labute approximate surface area is 184 Å². The SMILES string of the molecule is C[C@H]1[C@@H](OCc2ccccc2)[C@H]2O[C@@]3([C@H](C)O)C=CC[C@@H]2[C@H]3[C@@H]1OCc1ccccc1. The molecule has 4 bridgehead atoms. The minimum absolute atomic E-state index is 0.0371. The molecule has 3 aliphatic rings. The second-order valence-electron chi connectivity index (χ2n) is 9.32. The van der Waals surface area contributed by atoms with Crippen molar-refractivity contribution in [2.75, 3.05) is 0 Å². The summed E-state index contributed by atoms with van der Waals surface area (Å²) in [5, 5.41) is 10.8. The maximum absolute atomic E-state index is 10.8. The van der Waals surface area contributed by atoms with Crippen molar-refractivity contribution in [2.24, 2.45) is 17.8 Å². The highest BCUT2D eigenvalue weighted by Gasteiger charge is 2.66. The Bertz CT molecular complexity index is 896. The second kappa shape index (κ2) is 8.51. The zero-order valence-corrected chi connectivity index (χ0v) is 18.3. The molecule has 8 atom stereocenters. The van der Waals surface area contributed by atoms with Crippen LogP contribution in [0.2, 0.25) is 0 Å². The third-order valence-corrected chi connectivity index (χ3v) is 7.47. The van der Waals surface area contributed by atoms with Gasteiger partial charge in [-0.3, -0.25) is 0 Å². The summed E-state index contributed by atoms with van der Waals surface area (Å²) in [6, 6.07) is 20.6. The van der Waals surface area contributed by atoms with E-state index < -0.39 is 11.7 Å². The summed E-state index contributed by atoms with van der Waals surface area (Å²) in [7, 11) is 0. The fraction of sp³-hybridized carbons (Fsp3) is 0.481. The highest BCUT2D eigenvalue weighted by atomic mass is 16.6. The van der Waals surface area contributed by atoms with E-state index in [9.17, 15) is 5.11 Å². The molecule has 31 heavy (non-hydrogen) atoms. The Kier molecular flexibility index (Phi) is 5.74. The van der Waals surface area contributed by atoms with Crippen molar-refractivity contribution in [3.63, 3.8) is 0 Å². The first-order chi connectivity index (χ1) is 15.1. The smallest absolute Gasteiger partial charge is 0.118 e. The van der Waals surface area contributed by atoms with Gasteiger partial charge < -0.3 is 19.3 Å². The number of allylic oxidation sites excluding steroid dienone is 1. The van der Waals surface area contributed by atoms with Crippen molar-refractivity contribution in [3.05, 3.63) is 83.9 Å². The first kappa shape index (κ1) is 20.9. The van der Waals surface area contributed by atoms with Crippen molar-refractivity contribution >= 4 is 0 Å². The van der Waals surface area contributed by atoms with E-state index in [4.69, 9.17) is 14.2 Å². The third kappa shape index (κ3) is 3.66. The summed E-state index contributed by atoms with van der Waals surface area (Å²) in [6.45, 7) is 5.16. The molecule has 164 valence electrons. The average molecular weight is 421 g/mol. The third-order valence-electron chi connectivity index (χ3n) is 7.47. The molecule has 4 nitrogen and oxygen atoms in total. The quantitative estimate of drug-likeness (QED) is 0.669. The summed E-state index contributed by atoms with van der Waals surface area (Å²) in [5.74, 6) is 0.570. The lowest BCUT2D eigenvalue weighted by atomic mass is 9.61. The van der Waals surface area contributed by atoms with Crippen LogP contribution in [0.15, 0.2) is 72.8 Å². The van der Waals surface area contributed by atoms with Crippen LogP contribution in [0.25, 0.3) is 0 Å². The minimum atomic E-state index is -0.700. The molecule has 2 aliphatic carbocycles. The van der Waals surface area contributed by atoms with Crippen LogP contribution in [0.4, 0.5) is 0 Å². The van der Waals surface area contributed by atoms with Crippen LogP contribution in [0, 0.1) is 17.8 Å². The van der Waals surface area contributed by atoms with Crippen LogP contribution in [0.3, 0.4) is 0 Å². The van der Waals surface area contributed by atoms with Gasteiger partial charge in [-0.1, -0.05) is 79.7 Å². The van der Waals surface area contributed by atoms with Crippen molar-refractivity contribution in [2.45, 2.75) is 63.5 Å². The Morgan fingerprint density at radius 2 is 1.55 bits per heavy atom. The molecule has 0 aromatic heterocycles. The number of ether oxygens (including phenoxy) is 3. The van der Waals surface area contributed by atoms with E-state index in [1.54, 1.807) is 0 Å². The van der Waals surface area contributed by atoms with E-state index in [-0.39, 0.29) is 36.1 Å². The van der Waals surface area contributed by atoms with Gasteiger partial charge in [-0.2, -0.15) is 0 Å². The van der Waals surface area contributed by atoms with Gasteiger partial charge in [-0.15, -0.1) is 0 Å². The average Bonchev–Trinajstić information content (AvgIpc) is 2.92. The van der Waals surface area contributed by atoms with Gasteiger partial charge in [0.2, 0.25) is 0 Å². The van der Waals surface area contributed by atoms with Crippen molar-refractivity contribution in [1.82, 2.24) is 0 Å². The van der Waals surface area contributed by atoms with E-state index in [0.717, 1.165) is 17.5 Å². The first-order valence-corrected chi connectivity index (χ1v) is 11.4. The molecular weight excluding hydrogens is 388 g/mol. The number of hydrogen-bond donors (Lipinski definition) is 1. The summed E-state index contributed by atoms with van der Waals surface area (Å²) >= 11 is 0. The van der Waals surface area contributed by atoms with Gasteiger partial charge in [0.15, 0.2) is 0 Å². The summed E-state index contributed by atoms with van der Waals surface area (Å²) in [5.41, 5.74) is 1.61. The Morgan fingerprint density at radius 1 is 0.968 bits per heavy atom. The second-order valence-corrected chi connectivity index (χ2v) is 9.32. The van der Waals surface area contributed by atoms with Crippen LogP contribution in [0.1, 0.15) is 31.4 Å². The molecule has 2 aromatic rings. The van der Waals surface area contributed by atoms with Gasteiger partial charge >= 0.3 is 0 Å². The number of rotatable bonds is 7. The van der Waals surface area contributed by atoms with E-state index in [1.165, 1.54) is 0 Å². The molecular formula is C27H32O4. The highest BCUT2D eigenvalue weighted by Crippen LogP contribution is 2.57. The molecule has 1 N–H and O–H groups in total. The Morgan fingerprint density at radius 3 is 2.13 bits per heavy atom. The Balaban J connectivity index is 1.43. The van der Waals surface area contributed by atoms with Crippen LogP contribution >= 0.6 is 0 Å². The lowest BCUT2D eigenvalue weighted by Gasteiger charge is -2.47. The zero-order chi connectivity index (χ0) is 21.4. The van der Waals surface area contributed by atoms with Crippen LogP contribution < -0.4 is 0 Å². The van der Waals surface area contributed by atoms with Gasteiger partial charge in [0.25, 0.3) is 0 Å². The maximum Gasteiger partial charge on any atom is 0.118 e.